The number of hydrogen-bond donors (Lipinski definition) is 1. The van der Waals surface area contributed by atoms with Gasteiger partial charge in [-0.15, -0.1) is 11.3 Å². The molecule has 0 spiro atoms. The highest BCUT2D eigenvalue weighted by atomic mass is 127. The van der Waals surface area contributed by atoms with Crippen molar-refractivity contribution < 1.29 is 4.79 Å². The van der Waals surface area contributed by atoms with E-state index < -0.39 is 0 Å². The Hall–Kier alpha value is -2.71. The second-order valence-electron chi connectivity index (χ2n) is 9.56. The van der Waals surface area contributed by atoms with Crippen molar-refractivity contribution in [3.05, 3.63) is 96.2 Å². The van der Waals surface area contributed by atoms with Crippen LogP contribution in [-0.4, -0.2) is 16.7 Å². The highest BCUT2D eigenvalue weighted by Crippen LogP contribution is 2.39. The van der Waals surface area contributed by atoms with E-state index in [2.05, 4.69) is 84.4 Å². The van der Waals surface area contributed by atoms with Crippen LogP contribution in [0.4, 0.5) is 11.4 Å². The number of halogens is 1. The van der Waals surface area contributed by atoms with Crippen molar-refractivity contribution in [3.63, 3.8) is 0 Å². The molecule has 0 aliphatic heterocycles. The van der Waals surface area contributed by atoms with Crippen LogP contribution >= 0.6 is 33.9 Å². The number of rotatable bonds is 5. The molecule has 36 heavy (non-hydrogen) atoms. The van der Waals surface area contributed by atoms with E-state index in [0.717, 1.165) is 63.7 Å². The van der Waals surface area contributed by atoms with Crippen LogP contribution in [0.25, 0.3) is 5.00 Å². The topological polar surface area (TPSA) is 46.4 Å². The summed E-state index contributed by atoms with van der Waals surface area (Å²) < 4.78 is 3.45. The van der Waals surface area contributed by atoms with E-state index in [0.29, 0.717) is 0 Å². The molecule has 1 aliphatic rings. The number of aryl methyl sites for hydroxylation is 4. The molecule has 2 aromatic carbocycles. The van der Waals surface area contributed by atoms with Crippen molar-refractivity contribution in [2.45, 2.75) is 53.4 Å². The molecule has 184 valence electrons. The molecule has 1 amide bonds. The lowest BCUT2D eigenvalue weighted by Crippen LogP contribution is -2.17. The van der Waals surface area contributed by atoms with Gasteiger partial charge in [0, 0.05) is 37.3 Å². The number of carbonyl (C=O) groups is 1. The summed E-state index contributed by atoms with van der Waals surface area (Å²) in [6.45, 7) is 8.38. The number of aromatic nitrogens is 1. The Balaban J connectivity index is 1.55. The van der Waals surface area contributed by atoms with Gasteiger partial charge in [0.15, 0.2) is 0 Å². The number of nitrogens with zero attached hydrogens (tertiary/aromatic N) is 2. The number of benzene rings is 2. The van der Waals surface area contributed by atoms with Crippen LogP contribution in [0.2, 0.25) is 0 Å². The zero-order valence-electron chi connectivity index (χ0n) is 21.1. The van der Waals surface area contributed by atoms with E-state index in [1.165, 1.54) is 26.0 Å². The van der Waals surface area contributed by atoms with Crippen molar-refractivity contribution in [1.82, 2.24) is 4.57 Å². The zero-order valence-corrected chi connectivity index (χ0v) is 24.1. The summed E-state index contributed by atoms with van der Waals surface area (Å²) in [4.78, 5) is 19.8. The lowest BCUT2D eigenvalue weighted by atomic mass is 9.95. The molecule has 0 saturated carbocycles. The van der Waals surface area contributed by atoms with E-state index in [4.69, 9.17) is 4.99 Å². The molecule has 0 radical (unpaired) electrons. The zero-order chi connectivity index (χ0) is 25.4. The summed E-state index contributed by atoms with van der Waals surface area (Å²) in [5, 5.41) is 4.18. The molecule has 1 aliphatic carbocycles. The van der Waals surface area contributed by atoms with Gasteiger partial charge in [0.05, 0.1) is 11.3 Å². The van der Waals surface area contributed by atoms with Crippen molar-refractivity contribution >= 4 is 57.4 Å². The molecule has 0 saturated heterocycles. The lowest BCUT2D eigenvalue weighted by molar-refractivity contribution is 0.102. The average molecular weight is 608 g/mol. The third kappa shape index (κ3) is 4.93. The second-order valence-corrected chi connectivity index (χ2v) is 11.9. The molecule has 0 fully saturated rings. The molecule has 2 aromatic heterocycles. The Morgan fingerprint density at radius 2 is 1.78 bits per heavy atom. The quantitative estimate of drug-likeness (QED) is 0.180. The molecular weight excluding hydrogens is 577 g/mol. The third-order valence-corrected chi connectivity index (χ3v) is 8.81. The lowest BCUT2D eigenvalue weighted by Gasteiger charge is -2.14. The molecule has 0 atom stereocenters. The summed E-state index contributed by atoms with van der Waals surface area (Å²) in [6.07, 6.45) is 6.27. The fourth-order valence-electron chi connectivity index (χ4n) is 4.91. The molecule has 0 unspecified atom stereocenters. The maximum atomic E-state index is 13.7. The summed E-state index contributed by atoms with van der Waals surface area (Å²) in [5.74, 6) is -0.0227. The summed E-state index contributed by atoms with van der Waals surface area (Å²) in [5.41, 5.74) is 9.47. The maximum absolute atomic E-state index is 13.7. The average Bonchev–Trinajstić information content (AvgIpc) is 3.36. The van der Waals surface area contributed by atoms with Gasteiger partial charge >= 0.3 is 0 Å². The Labute approximate surface area is 230 Å². The Morgan fingerprint density at radius 1 is 1.03 bits per heavy atom. The summed E-state index contributed by atoms with van der Waals surface area (Å²) in [6, 6.07) is 16.5. The van der Waals surface area contributed by atoms with Gasteiger partial charge in [0.2, 0.25) is 0 Å². The van der Waals surface area contributed by atoms with Gasteiger partial charge < -0.3 is 9.88 Å². The maximum Gasteiger partial charge on any atom is 0.258 e. The number of hydrogen-bond acceptors (Lipinski definition) is 3. The highest BCUT2D eigenvalue weighted by Gasteiger charge is 2.28. The summed E-state index contributed by atoms with van der Waals surface area (Å²) in [7, 11) is 0. The smallest absolute Gasteiger partial charge is 0.258 e. The monoisotopic (exact) mass is 607 g/mol. The molecular formula is C30H30IN3OS. The van der Waals surface area contributed by atoms with E-state index in [1.807, 2.05) is 30.5 Å². The molecule has 2 heterocycles. The number of thiophene rings is 1. The van der Waals surface area contributed by atoms with Crippen LogP contribution in [0, 0.1) is 31.3 Å². The third-order valence-electron chi connectivity index (χ3n) is 6.86. The Bertz CT molecular complexity index is 1480. The fraction of sp³-hybridized carbons (Fsp3) is 0.267. The van der Waals surface area contributed by atoms with Gasteiger partial charge in [-0.25, -0.2) is 0 Å². The van der Waals surface area contributed by atoms with Crippen molar-refractivity contribution in [3.8, 4) is 5.00 Å². The van der Waals surface area contributed by atoms with Crippen LogP contribution in [0.5, 0.6) is 0 Å². The predicted octanol–water partition coefficient (Wildman–Crippen LogP) is 8.26. The first kappa shape index (κ1) is 25.0. The number of anilines is 1. The molecule has 4 nitrogen and oxygen atoms in total. The molecule has 6 heteroatoms. The van der Waals surface area contributed by atoms with Crippen molar-refractivity contribution in [2.24, 2.45) is 4.99 Å². The van der Waals surface area contributed by atoms with Gasteiger partial charge in [-0.2, -0.15) is 0 Å². The van der Waals surface area contributed by atoms with Crippen LogP contribution in [-0.2, 0) is 12.8 Å². The highest BCUT2D eigenvalue weighted by molar-refractivity contribution is 14.1. The van der Waals surface area contributed by atoms with E-state index >= 15 is 0 Å². The number of fused-ring (bicyclic) bond motifs is 1. The van der Waals surface area contributed by atoms with Gasteiger partial charge in [0.1, 0.15) is 5.00 Å². The van der Waals surface area contributed by atoms with Gasteiger partial charge in [-0.05, 0) is 123 Å². The SMILES string of the molecule is Cc1ccc(NC(=O)c2c(-n3c(C)cc(C=Nc4ccc(I)cc4C)c3C)sc3c2CCCC3)cc1. The number of nitrogens with one attached hydrogen (secondary N) is 1. The van der Waals surface area contributed by atoms with Gasteiger partial charge in [-0.3, -0.25) is 9.79 Å². The van der Waals surface area contributed by atoms with E-state index in [1.54, 1.807) is 11.3 Å². The first-order chi connectivity index (χ1) is 17.3. The number of carbonyl (C=O) groups excluding carboxylic acids is 1. The predicted molar refractivity (Wildman–Crippen MR) is 160 cm³/mol. The second kappa shape index (κ2) is 10.3. The van der Waals surface area contributed by atoms with Crippen LogP contribution in [0.3, 0.4) is 0 Å². The number of amides is 1. The first-order valence-corrected chi connectivity index (χ1v) is 14.2. The Kier molecular flexibility index (Phi) is 7.17. The minimum Gasteiger partial charge on any atom is -0.322 e. The molecule has 5 rings (SSSR count). The molecule has 0 bridgehead atoms. The largest absolute Gasteiger partial charge is 0.322 e. The minimum atomic E-state index is -0.0227. The fourth-order valence-corrected chi connectivity index (χ4v) is 7.05. The van der Waals surface area contributed by atoms with Gasteiger partial charge in [0.25, 0.3) is 5.91 Å². The molecule has 4 aromatic rings. The minimum absolute atomic E-state index is 0.0227. The van der Waals surface area contributed by atoms with Crippen LogP contribution in [0.1, 0.15) is 61.7 Å². The Morgan fingerprint density at radius 3 is 2.53 bits per heavy atom. The summed E-state index contributed by atoms with van der Waals surface area (Å²) >= 11 is 4.10. The van der Waals surface area contributed by atoms with Gasteiger partial charge in [-0.1, -0.05) is 17.7 Å². The number of aliphatic imine (C=N–C) groups is 1. The molecule has 1 N–H and O–H groups in total. The van der Waals surface area contributed by atoms with Crippen LogP contribution < -0.4 is 5.32 Å². The van der Waals surface area contributed by atoms with E-state index in [-0.39, 0.29) is 5.91 Å². The first-order valence-electron chi connectivity index (χ1n) is 12.3. The van der Waals surface area contributed by atoms with Crippen LogP contribution in [0.15, 0.2) is 53.5 Å². The standard InChI is InChI=1S/C30H30IN3OS/c1-18-9-12-24(13-10-18)33-29(35)28-25-7-5-6-8-27(25)36-30(28)34-20(3)16-22(21(34)4)17-32-26-14-11-23(31)15-19(26)2/h9-17H,5-8H2,1-4H3,(H,33,35). The van der Waals surface area contributed by atoms with E-state index in [9.17, 15) is 4.79 Å². The normalized spacial score (nSPS) is 13.2. The van der Waals surface area contributed by atoms with Crippen molar-refractivity contribution in [1.29, 1.82) is 0 Å². The van der Waals surface area contributed by atoms with Crippen molar-refractivity contribution in [2.75, 3.05) is 5.32 Å².